The average Bonchev–Trinajstić information content (AvgIpc) is 2.62. The standard InChI is InChI=1S/C13H20O4/c14-9-11(15)6-4-2-1-3-5-10-7-12(16)8-13(10)17/h1,3,7,11-12,14-16H,2,4-6,8-9H2/b3-1-. The summed E-state index contributed by atoms with van der Waals surface area (Å²) < 4.78 is 0. The van der Waals surface area contributed by atoms with Gasteiger partial charge in [-0.15, -0.1) is 0 Å². The summed E-state index contributed by atoms with van der Waals surface area (Å²) in [5, 5.41) is 26.9. The molecule has 96 valence electrons. The number of aliphatic hydroxyl groups is 3. The van der Waals surface area contributed by atoms with E-state index >= 15 is 0 Å². The van der Waals surface area contributed by atoms with Crippen molar-refractivity contribution in [3.8, 4) is 0 Å². The van der Waals surface area contributed by atoms with E-state index in [4.69, 9.17) is 10.2 Å². The van der Waals surface area contributed by atoms with E-state index in [1.54, 1.807) is 6.08 Å². The van der Waals surface area contributed by atoms with Crippen molar-refractivity contribution in [2.24, 2.45) is 0 Å². The molecular weight excluding hydrogens is 220 g/mol. The highest BCUT2D eigenvalue weighted by atomic mass is 16.3. The fraction of sp³-hybridized carbons (Fsp3) is 0.615. The number of unbranched alkanes of at least 4 members (excludes halogenated alkanes) is 1. The van der Waals surface area contributed by atoms with E-state index in [1.165, 1.54) is 0 Å². The highest BCUT2D eigenvalue weighted by Gasteiger charge is 2.20. The van der Waals surface area contributed by atoms with Crippen molar-refractivity contribution in [2.75, 3.05) is 6.61 Å². The molecule has 2 atom stereocenters. The largest absolute Gasteiger partial charge is 0.394 e. The predicted molar refractivity (Wildman–Crippen MR) is 64.4 cm³/mol. The van der Waals surface area contributed by atoms with E-state index < -0.39 is 12.2 Å². The lowest BCUT2D eigenvalue weighted by Crippen LogP contribution is -2.10. The quantitative estimate of drug-likeness (QED) is 0.452. The fourth-order valence-corrected chi connectivity index (χ4v) is 1.78. The summed E-state index contributed by atoms with van der Waals surface area (Å²) in [6.45, 7) is -0.191. The van der Waals surface area contributed by atoms with Gasteiger partial charge in [-0.05, 0) is 37.3 Å². The van der Waals surface area contributed by atoms with E-state index in [9.17, 15) is 9.90 Å². The summed E-state index contributed by atoms with van der Waals surface area (Å²) in [6, 6.07) is 0. The van der Waals surface area contributed by atoms with Crippen LogP contribution in [0.2, 0.25) is 0 Å². The Bertz CT molecular complexity index is 307. The smallest absolute Gasteiger partial charge is 0.161 e. The Morgan fingerprint density at radius 1 is 1.47 bits per heavy atom. The first-order valence-corrected chi connectivity index (χ1v) is 5.99. The monoisotopic (exact) mass is 240 g/mol. The molecule has 2 unspecified atom stereocenters. The van der Waals surface area contributed by atoms with Crippen LogP contribution >= 0.6 is 0 Å². The summed E-state index contributed by atoms with van der Waals surface area (Å²) in [5.74, 6) is 0.0258. The number of rotatable bonds is 7. The molecular formula is C13H20O4. The first-order valence-electron chi connectivity index (χ1n) is 5.99. The van der Waals surface area contributed by atoms with Gasteiger partial charge in [0.15, 0.2) is 5.78 Å². The number of allylic oxidation sites excluding steroid dienone is 3. The minimum absolute atomic E-state index is 0.0258. The van der Waals surface area contributed by atoms with Gasteiger partial charge in [0.2, 0.25) is 0 Å². The lowest BCUT2D eigenvalue weighted by molar-refractivity contribution is -0.115. The maximum Gasteiger partial charge on any atom is 0.161 e. The molecule has 0 spiro atoms. The molecule has 0 saturated heterocycles. The number of hydrogen-bond acceptors (Lipinski definition) is 4. The molecule has 0 radical (unpaired) electrons. The van der Waals surface area contributed by atoms with Crippen LogP contribution in [0.4, 0.5) is 0 Å². The van der Waals surface area contributed by atoms with Crippen LogP contribution in [0, 0.1) is 0 Å². The molecule has 1 aliphatic carbocycles. The zero-order chi connectivity index (χ0) is 12.7. The Labute approximate surface area is 101 Å². The molecule has 0 amide bonds. The molecule has 0 aromatic heterocycles. The van der Waals surface area contributed by atoms with Crippen molar-refractivity contribution in [3.05, 3.63) is 23.8 Å². The zero-order valence-electron chi connectivity index (χ0n) is 9.88. The highest BCUT2D eigenvalue weighted by Crippen LogP contribution is 2.18. The second-order valence-electron chi connectivity index (χ2n) is 4.33. The Balaban J connectivity index is 2.14. The van der Waals surface area contributed by atoms with Gasteiger partial charge in [-0.2, -0.15) is 0 Å². The molecule has 1 rings (SSSR count). The van der Waals surface area contributed by atoms with Crippen LogP contribution in [0.25, 0.3) is 0 Å². The number of aliphatic hydroxyl groups excluding tert-OH is 3. The summed E-state index contributed by atoms with van der Waals surface area (Å²) in [5.41, 5.74) is 0.684. The Morgan fingerprint density at radius 3 is 2.82 bits per heavy atom. The fourth-order valence-electron chi connectivity index (χ4n) is 1.78. The molecule has 0 aromatic carbocycles. The van der Waals surface area contributed by atoms with Gasteiger partial charge in [0, 0.05) is 6.42 Å². The summed E-state index contributed by atoms with van der Waals surface area (Å²) in [6.07, 6.45) is 7.25. The first-order chi connectivity index (χ1) is 8.13. The van der Waals surface area contributed by atoms with Gasteiger partial charge in [0.05, 0.1) is 18.8 Å². The van der Waals surface area contributed by atoms with Crippen molar-refractivity contribution in [1.29, 1.82) is 0 Å². The van der Waals surface area contributed by atoms with E-state index in [1.807, 2.05) is 12.2 Å². The van der Waals surface area contributed by atoms with Crippen LogP contribution in [0.3, 0.4) is 0 Å². The van der Waals surface area contributed by atoms with Crippen molar-refractivity contribution < 1.29 is 20.1 Å². The van der Waals surface area contributed by atoms with Gasteiger partial charge in [0.25, 0.3) is 0 Å². The normalized spacial score (nSPS) is 22.2. The van der Waals surface area contributed by atoms with Crippen molar-refractivity contribution in [1.82, 2.24) is 0 Å². The molecule has 0 saturated carbocycles. The molecule has 3 N–H and O–H groups in total. The van der Waals surface area contributed by atoms with Gasteiger partial charge >= 0.3 is 0 Å². The van der Waals surface area contributed by atoms with E-state index in [-0.39, 0.29) is 18.8 Å². The number of hydrogen-bond donors (Lipinski definition) is 3. The van der Waals surface area contributed by atoms with Gasteiger partial charge < -0.3 is 15.3 Å². The van der Waals surface area contributed by atoms with Crippen LogP contribution in [-0.4, -0.2) is 39.9 Å². The van der Waals surface area contributed by atoms with Crippen molar-refractivity contribution in [3.63, 3.8) is 0 Å². The molecule has 0 fully saturated rings. The SMILES string of the molecule is O=C1CC(O)C=C1C/C=C\CCCC(O)CO. The molecule has 0 aliphatic heterocycles. The lowest BCUT2D eigenvalue weighted by Gasteiger charge is -2.03. The van der Waals surface area contributed by atoms with Crippen LogP contribution in [0.1, 0.15) is 32.1 Å². The topological polar surface area (TPSA) is 77.8 Å². The zero-order valence-corrected chi connectivity index (χ0v) is 9.88. The first kappa shape index (κ1) is 14.1. The Hall–Kier alpha value is -0.970. The average molecular weight is 240 g/mol. The van der Waals surface area contributed by atoms with Crippen LogP contribution in [0.5, 0.6) is 0 Å². The van der Waals surface area contributed by atoms with Crippen molar-refractivity contribution in [2.45, 2.75) is 44.3 Å². The van der Waals surface area contributed by atoms with E-state index in [2.05, 4.69) is 0 Å². The Kier molecular flexibility index (Phi) is 6.11. The molecule has 4 heteroatoms. The number of carbonyl (C=O) groups is 1. The van der Waals surface area contributed by atoms with E-state index in [0.29, 0.717) is 18.4 Å². The van der Waals surface area contributed by atoms with Crippen LogP contribution in [0.15, 0.2) is 23.8 Å². The number of Topliss-reactive ketones (excluding diaryl/α,β-unsaturated/α-hetero) is 1. The summed E-state index contributed by atoms with van der Waals surface area (Å²) >= 11 is 0. The van der Waals surface area contributed by atoms with E-state index in [0.717, 1.165) is 12.8 Å². The molecule has 17 heavy (non-hydrogen) atoms. The van der Waals surface area contributed by atoms with Gasteiger partial charge in [0.1, 0.15) is 0 Å². The minimum Gasteiger partial charge on any atom is -0.394 e. The number of ketones is 1. The summed E-state index contributed by atoms with van der Waals surface area (Å²) in [7, 11) is 0. The van der Waals surface area contributed by atoms with Crippen LogP contribution in [-0.2, 0) is 4.79 Å². The summed E-state index contributed by atoms with van der Waals surface area (Å²) in [4.78, 5) is 11.3. The van der Waals surface area contributed by atoms with Gasteiger partial charge in [-0.3, -0.25) is 4.79 Å². The number of carbonyl (C=O) groups excluding carboxylic acids is 1. The molecule has 0 aromatic rings. The van der Waals surface area contributed by atoms with Crippen LogP contribution < -0.4 is 0 Å². The van der Waals surface area contributed by atoms with Crippen molar-refractivity contribution >= 4 is 5.78 Å². The predicted octanol–water partition coefficient (Wildman–Crippen LogP) is 0.716. The third kappa shape index (κ3) is 5.26. The Morgan fingerprint density at radius 2 is 2.24 bits per heavy atom. The van der Waals surface area contributed by atoms with Gasteiger partial charge in [-0.25, -0.2) is 0 Å². The van der Waals surface area contributed by atoms with Gasteiger partial charge in [-0.1, -0.05) is 12.2 Å². The highest BCUT2D eigenvalue weighted by molar-refractivity contribution is 5.98. The third-order valence-electron chi connectivity index (χ3n) is 2.77. The maximum absolute atomic E-state index is 11.3. The molecule has 0 bridgehead atoms. The second-order valence-corrected chi connectivity index (χ2v) is 4.33. The lowest BCUT2D eigenvalue weighted by atomic mass is 10.1. The molecule has 4 nitrogen and oxygen atoms in total. The third-order valence-corrected chi connectivity index (χ3v) is 2.77. The molecule has 1 aliphatic rings. The minimum atomic E-state index is -0.627. The molecule has 0 heterocycles. The maximum atomic E-state index is 11.3. The second kappa shape index (κ2) is 7.37.